The van der Waals surface area contributed by atoms with Gasteiger partial charge in [0.25, 0.3) is 5.91 Å². The van der Waals surface area contributed by atoms with Gasteiger partial charge in [0.1, 0.15) is 5.75 Å². The minimum Gasteiger partial charge on any atom is -0.497 e. The maximum atomic E-state index is 13.4. The number of ether oxygens (including phenoxy) is 1. The third-order valence-electron chi connectivity index (χ3n) is 5.73. The van der Waals surface area contributed by atoms with Gasteiger partial charge in [0.2, 0.25) is 0 Å². The Morgan fingerprint density at radius 2 is 1.74 bits per heavy atom. The summed E-state index contributed by atoms with van der Waals surface area (Å²) in [5, 5.41) is 13.8. The second-order valence-electron chi connectivity index (χ2n) is 8.58. The predicted molar refractivity (Wildman–Crippen MR) is 133 cm³/mol. The Balaban J connectivity index is 1.88. The van der Waals surface area contributed by atoms with E-state index in [1.165, 1.54) is 25.3 Å². The zero-order chi connectivity index (χ0) is 28.1. The second-order valence-corrected chi connectivity index (χ2v) is 10.5. The topological polar surface area (TPSA) is 126 Å². The third kappa shape index (κ3) is 6.36. The summed E-state index contributed by atoms with van der Waals surface area (Å²) in [5.74, 6) is -1.63. The van der Waals surface area contributed by atoms with Gasteiger partial charge in [0, 0.05) is 5.69 Å². The van der Waals surface area contributed by atoms with E-state index in [0.29, 0.717) is 17.4 Å². The van der Waals surface area contributed by atoms with E-state index in [2.05, 4.69) is 10.5 Å². The van der Waals surface area contributed by atoms with E-state index in [1.807, 2.05) is 0 Å². The van der Waals surface area contributed by atoms with E-state index in [4.69, 9.17) is 10.00 Å². The van der Waals surface area contributed by atoms with Crippen molar-refractivity contribution in [2.24, 2.45) is 5.18 Å². The average molecular weight is 546 g/mol. The Labute approximate surface area is 216 Å². The van der Waals surface area contributed by atoms with Gasteiger partial charge in [-0.05, 0) is 60.9 Å². The van der Waals surface area contributed by atoms with Crippen molar-refractivity contribution in [3.63, 3.8) is 0 Å². The lowest BCUT2D eigenvalue weighted by molar-refractivity contribution is -0.137. The molecular formula is C26H22F3N3O5S. The molecule has 1 atom stereocenters. The fraction of sp³-hybridized carbons (Fsp3) is 0.231. The number of carbonyl (C=O) groups is 1. The Morgan fingerprint density at radius 3 is 2.32 bits per heavy atom. The number of amides is 1. The highest BCUT2D eigenvalue weighted by Gasteiger charge is 2.42. The second kappa shape index (κ2) is 11.0. The van der Waals surface area contributed by atoms with E-state index in [9.17, 15) is 31.3 Å². The molecule has 0 bridgehead atoms. The van der Waals surface area contributed by atoms with E-state index in [0.717, 1.165) is 24.6 Å². The summed E-state index contributed by atoms with van der Waals surface area (Å²) in [6.07, 6.45) is -4.66. The molecule has 1 amide bonds. The van der Waals surface area contributed by atoms with Gasteiger partial charge in [-0.15, -0.1) is 4.91 Å². The number of anilines is 1. The first-order valence-electron chi connectivity index (χ1n) is 11.0. The molecule has 0 aromatic heterocycles. The highest BCUT2D eigenvalue weighted by atomic mass is 32.2. The average Bonchev–Trinajstić information content (AvgIpc) is 2.88. The van der Waals surface area contributed by atoms with Crippen LogP contribution in [0.5, 0.6) is 5.75 Å². The monoisotopic (exact) mass is 545 g/mol. The van der Waals surface area contributed by atoms with E-state index in [1.54, 1.807) is 36.4 Å². The molecule has 0 saturated carbocycles. The van der Waals surface area contributed by atoms with Crippen LogP contribution >= 0.6 is 0 Å². The molecule has 3 rings (SSSR count). The molecule has 0 aliphatic rings. The molecule has 0 aliphatic heterocycles. The van der Waals surface area contributed by atoms with Crippen LogP contribution in [0.2, 0.25) is 0 Å². The number of halogens is 3. The Bertz CT molecular complexity index is 1500. The fourth-order valence-electron chi connectivity index (χ4n) is 3.72. The molecule has 12 heteroatoms. The fourth-order valence-corrected chi connectivity index (χ4v) is 5.62. The molecule has 0 radical (unpaired) electrons. The molecule has 1 unspecified atom stereocenters. The number of benzene rings is 3. The standard InChI is InChI=1S/C26H22F3N3O5S/c1-25(32-34,24(33)31-20-10-9-19(15-30)22(14-20)26(27,28)29)16-38(35,36)23-6-4-3-5-18(23)13-17-7-11-21(37-2)12-8-17/h3-12,14H,13,16H2,1-2H3,(H,31,33). The number of rotatable bonds is 9. The van der Waals surface area contributed by atoms with Crippen LogP contribution in [0.15, 0.2) is 76.8 Å². The molecule has 0 spiro atoms. The zero-order valence-corrected chi connectivity index (χ0v) is 21.1. The van der Waals surface area contributed by atoms with Crippen molar-refractivity contribution in [1.82, 2.24) is 0 Å². The van der Waals surface area contributed by atoms with Crippen LogP contribution in [0, 0.1) is 16.2 Å². The van der Waals surface area contributed by atoms with Crippen molar-refractivity contribution in [2.75, 3.05) is 18.2 Å². The van der Waals surface area contributed by atoms with Crippen LogP contribution in [-0.2, 0) is 27.2 Å². The number of alkyl halides is 3. The maximum absolute atomic E-state index is 13.4. The molecule has 8 nitrogen and oxygen atoms in total. The van der Waals surface area contributed by atoms with Crippen molar-refractivity contribution < 1.29 is 31.1 Å². The van der Waals surface area contributed by atoms with Crippen molar-refractivity contribution in [3.8, 4) is 11.8 Å². The molecular weight excluding hydrogens is 523 g/mol. The predicted octanol–water partition coefficient (Wildman–Crippen LogP) is 5.11. The molecule has 0 saturated heterocycles. The first-order chi connectivity index (χ1) is 17.8. The number of sulfone groups is 1. The smallest absolute Gasteiger partial charge is 0.417 e. The summed E-state index contributed by atoms with van der Waals surface area (Å²) in [6.45, 7) is 0.979. The van der Waals surface area contributed by atoms with Gasteiger partial charge in [-0.1, -0.05) is 35.5 Å². The first-order valence-corrected chi connectivity index (χ1v) is 12.7. The SMILES string of the molecule is COc1ccc(Cc2ccccc2S(=O)(=O)CC(C)(N=O)C(=O)Nc2ccc(C#N)c(C(F)(F)F)c2)cc1. The molecule has 1 N–H and O–H groups in total. The summed E-state index contributed by atoms with van der Waals surface area (Å²) in [7, 11) is -2.76. The number of hydrogen-bond acceptors (Lipinski definition) is 7. The molecule has 198 valence electrons. The van der Waals surface area contributed by atoms with Gasteiger partial charge in [0.15, 0.2) is 15.4 Å². The van der Waals surface area contributed by atoms with Crippen molar-refractivity contribution >= 4 is 21.4 Å². The van der Waals surface area contributed by atoms with E-state index < -0.39 is 44.3 Å². The highest BCUT2D eigenvalue weighted by Crippen LogP contribution is 2.34. The van der Waals surface area contributed by atoms with Gasteiger partial charge < -0.3 is 10.1 Å². The summed E-state index contributed by atoms with van der Waals surface area (Å²) >= 11 is 0. The van der Waals surface area contributed by atoms with Crippen LogP contribution in [0.1, 0.15) is 29.2 Å². The molecule has 0 aliphatic carbocycles. The summed E-state index contributed by atoms with van der Waals surface area (Å²) in [5.41, 5.74) is -3.52. The van der Waals surface area contributed by atoms with Gasteiger partial charge >= 0.3 is 6.18 Å². The van der Waals surface area contributed by atoms with Gasteiger partial charge in [-0.3, -0.25) is 4.79 Å². The number of nitriles is 1. The van der Waals surface area contributed by atoms with Crippen molar-refractivity contribution in [3.05, 3.63) is 93.9 Å². The minimum atomic E-state index is -4.88. The number of nitrogens with zero attached hydrogens (tertiary/aromatic N) is 2. The number of carbonyl (C=O) groups excluding carboxylic acids is 1. The summed E-state index contributed by atoms with van der Waals surface area (Å²) in [4.78, 5) is 24.5. The Hall–Kier alpha value is -4.24. The molecule has 3 aromatic rings. The first kappa shape index (κ1) is 28.3. The van der Waals surface area contributed by atoms with Gasteiger partial charge in [-0.2, -0.15) is 18.4 Å². The Kier molecular flexibility index (Phi) is 8.22. The minimum absolute atomic E-state index is 0.115. The van der Waals surface area contributed by atoms with Gasteiger partial charge in [0.05, 0.1) is 35.0 Å². The molecule has 0 fully saturated rings. The normalized spacial score (nSPS) is 13.2. The van der Waals surface area contributed by atoms with Crippen LogP contribution < -0.4 is 10.1 Å². The lowest BCUT2D eigenvalue weighted by atomic mass is 10.0. The van der Waals surface area contributed by atoms with Crippen LogP contribution in [0.4, 0.5) is 18.9 Å². The van der Waals surface area contributed by atoms with E-state index in [-0.39, 0.29) is 17.0 Å². The summed E-state index contributed by atoms with van der Waals surface area (Å²) in [6, 6.07) is 16.9. The lowest BCUT2D eigenvalue weighted by Crippen LogP contribution is -2.44. The number of methoxy groups -OCH3 is 1. The Morgan fingerprint density at radius 1 is 1.08 bits per heavy atom. The van der Waals surface area contributed by atoms with Crippen LogP contribution in [-0.4, -0.2) is 32.7 Å². The number of nitrogens with one attached hydrogen (secondary N) is 1. The largest absolute Gasteiger partial charge is 0.497 e. The molecule has 38 heavy (non-hydrogen) atoms. The highest BCUT2D eigenvalue weighted by molar-refractivity contribution is 7.91. The maximum Gasteiger partial charge on any atom is 0.417 e. The number of hydrogen-bond donors (Lipinski definition) is 1. The number of nitroso groups, excluding NO2 is 1. The lowest BCUT2D eigenvalue weighted by Gasteiger charge is -2.22. The van der Waals surface area contributed by atoms with Crippen molar-refractivity contribution in [1.29, 1.82) is 5.26 Å². The van der Waals surface area contributed by atoms with Crippen molar-refractivity contribution in [2.45, 2.75) is 30.0 Å². The van der Waals surface area contributed by atoms with Gasteiger partial charge in [-0.25, -0.2) is 8.42 Å². The zero-order valence-electron chi connectivity index (χ0n) is 20.2. The van der Waals surface area contributed by atoms with Crippen LogP contribution in [0.3, 0.4) is 0 Å². The van der Waals surface area contributed by atoms with E-state index >= 15 is 0 Å². The molecule has 0 heterocycles. The molecule has 3 aromatic carbocycles. The quantitative estimate of drug-likeness (QED) is 0.372. The third-order valence-corrected chi connectivity index (χ3v) is 7.74. The van der Waals surface area contributed by atoms with Crippen LogP contribution in [0.25, 0.3) is 0 Å². The summed E-state index contributed by atoms with van der Waals surface area (Å²) < 4.78 is 71.7.